The molecule has 0 aliphatic heterocycles. The van der Waals surface area contributed by atoms with E-state index >= 15 is 0 Å². The first kappa shape index (κ1) is 13.1. The Morgan fingerprint density at radius 3 is 2.81 bits per heavy atom. The van der Waals surface area contributed by atoms with Crippen LogP contribution in [0.25, 0.3) is 0 Å². The van der Waals surface area contributed by atoms with Gasteiger partial charge < -0.3 is 4.74 Å². The van der Waals surface area contributed by atoms with E-state index in [2.05, 4.69) is 6.26 Å². The Hall–Kier alpha value is -0.960. The molecule has 16 heavy (non-hydrogen) atoms. The van der Waals surface area contributed by atoms with Crippen LogP contribution in [0.15, 0.2) is 24.3 Å². The molecule has 0 aliphatic rings. The normalized spacial score (nSPS) is 10.1. The van der Waals surface area contributed by atoms with E-state index in [0.717, 1.165) is 17.9 Å². The lowest BCUT2D eigenvalue weighted by atomic mass is 10.1. The van der Waals surface area contributed by atoms with Crippen molar-refractivity contribution in [1.82, 2.24) is 0 Å². The quantitative estimate of drug-likeness (QED) is 0.538. The first-order chi connectivity index (χ1) is 7.79. The number of ether oxygens (including phenoxy) is 1. The zero-order valence-electron chi connectivity index (χ0n) is 9.86. The highest BCUT2D eigenvalue weighted by Gasteiger charge is 2.09. The van der Waals surface area contributed by atoms with E-state index in [-0.39, 0.29) is 5.78 Å². The standard InChI is InChI=1S/C13H18O2S/c1-3-12(14)11-7-4-5-8-13(11)15-9-6-10-16-2/h4-5,7-8H,3,6,9-10H2,1-2H3. The monoisotopic (exact) mass is 238 g/mol. The fourth-order valence-corrected chi connectivity index (χ4v) is 1.81. The van der Waals surface area contributed by atoms with Gasteiger partial charge in [-0.15, -0.1) is 0 Å². The van der Waals surface area contributed by atoms with Crippen molar-refractivity contribution in [2.45, 2.75) is 19.8 Å². The van der Waals surface area contributed by atoms with E-state index in [1.165, 1.54) is 0 Å². The van der Waals surface area contributed by atoms with Crippen LogP contribution in [0.3, 0.4) is 0 Å². The molecule has 0 fully saturated rings. The van der Waals surface area contributed by atoms with Crippen LogP contribution in [-0.4, -0.2) is 24.4 Å². The molecule has 1 aromatic carbocycles. The largest absolute Gasteiger partial charge is 0.493 e. The number of para-hydroxylation sites is 1. The second-order valence-corrected chi connectivity index (χ2v) is 4.45. The van der Waals surface area contributed by atoms with Crippen LogP contribution in [0.2, 0.25) is 0 Å². The molecule has 3 heteroatoms. The molecule has 0 unspecified atom stereocenters. The van der Waals surface area contributed by atoms with Crippen LogP contribution >= 0.6 is 11.8 Å². The lowest BCUT2D eigenvalue weighted by molar-refractivity contribution is 0.0984. The summed E-state index contributed by atoms with van der Waals surface area (Å²) >= 11 is 1.80. The van der Waals surface area contributed by atoms with Gasteiger partial charge in [-0.3, -0.25) is 4.79 Å². The summed E-state index contributed by atoms with van der Waals surface area (Å²) in [6.45, 7) is 2.54. The number of hydrogen-bond donors (Lipinski definition) is 0. The molecule has 0 aliphatic carbocycles. The van der Waals surface area contributed by atoms with Crippen LogP contribution in [0.4, 0.5) is 0 Å². The molecule has 0 saturated carbocycles. The van der Waals surface area contributed by atoms with Gasteiger partial charge in [-0.2, -0.15) is 11.8 Å². The summed E-state index contributed by atoms with van der Waals surface area (Å²) in [7, 11) is 0. The Kier molecular flexibility index (Phi) is 6.01. The van der Waals surface area contributed by atoms with Crippen LogP contribution in [0.1, 0.15) is 30.1 Å². The minimum absolute atomic E-state index is 0.139. The summed E-state index contributed by atoms with van der Waals surface area (Å²) in [5, 5.41) is 0. The Labute approximate surface area is 101 Å². The molecule has 0 radical (unpaired) electrons. The summed E-state index contributed by atoms with van der Waals surface area (Å²) in [5.74, 6) is 1.94. The summed E-state index contributed by atoms with van der Waals surface area (Å²) in [6.07, 6.45) is 3.61. The summed E-state index contributed by atoms with van der Waals surface area (Å²) in [5.41, 5.74) is 0.703. The van der Waals surface area contributed by atoms with Gasteiger partial charge in [0.15, 0.2) is 5.78 Å². The fourth-order valence-electron chi connectivity index (χ4n) is 1.40. The van der Waals surface area contributed by atoms with Crippen molar-refractivity contribution in [3.8, 4) is 5.75 Å². The maximum atomic E-state index is 11.6. The highest BCUT2D eigenvalue weighted by Crippen LogP contribution is 2.19. The molecular formula is C13H18O2S. The Bertz CT molecular complexity index is 336. The van der Waals surface area contributed by atoms with Gasteiger partial charge >= 0.3 is 0 Å². The molecule has 0 atom stereocenters. The number of ketones is 1. The molecule has 1 aromatic rings. The van der Waals surface area contributed by atoms with E-state index in [9.17, 15) is 4.79 Å². The van der Waals surface area contributed by atoms with Gasteiger partial charge in [-0.25, -0.2) is 0 Å². The number of carbonyl (C=O) groups is 1. The van der Waals surface area contributed by atoms with Crippen molar-refractivity contribution in [1.29, 1.82) is 0 Å². The topological polar surface area (TPSA) is 26.3 Å². The number of rotatable bonds is 7. The average Bonchev–Trinajstić information content (AvgIpc) is 2.34. The summed E-state index contributed by atoms with van der Waals surface area (Å²) in [6, 6.07) is 7.46. The number of carbonyl (C=O) groups excluding carboxylic acids is 1. The van der Waals surface area contributed by atoms with Crippen molar-refractivity contribution >= 4 is 17.5 Å². The van der Waals surface area contributed by atoms with Crippen molar-refractivity contribution in [3.63, 3.8) is 0 Å². The number of Topliss-reactive ketones (excluding diaryl/α,β-unsaturated/α-hetero) is 1. The Morgan fingerprint density at radius 1 is 1.38 bits per heavy atom. The van der Waals surface area contributed by atoms with Gasteiger partial charge in [-0.1, -0.05) is 19.1 Å². The SMILES string of the molecule is CCC(=O)c1ccccc1OCCCSC. The zero-order valence-corrected chi connectivity index (χ0v) is 10.7. The number of hydrogen-bond acceptors (Lipinski definition) is 3. The minimum atomic E-state index is 0.139. The van der Waals surface area contributed by atoms with Crippen molar-refractivity contribution < 1.29 is 9.53 Å². The van der Waals surface area contributed by atoms with Crippen LogP contribution in [-0.2, 0) is 0 Å². The van der Waals surface area contributed by atoms with E-state index in [1.807, 2.05) is 31.2 Å². The van der Waals surface area contributed by atoms with Crippen LogP contribution in [0, 0.1) is 0 Å². The average molecular weight is 238 g/mol. The van der Waals surface area contributed by atoms with E-state index in [0.29, 0.717) is 18.6 Å². The second-order valence-electron chi connectivity index (χ2n) is 3.47. The van der Waals surface area contributed by atoms with Crippen LogP contribution < -0.4 is 4.74 Å². The van der Waals surface area contributed by atoms with E-state index in [1.54, 1.807) is 11.8 Å². The molecule has 0 saturated heterocycles. The number of thioether (sulfide) groups is 1. The molecule has 88 valence electrons. The highest BCUT2D eigenvalue weighted by molar-refractivity contribution is 7.98. The lowest BCUT2D eigenvalue weighted by Crippen LogP contribution is -2.04. The third-order valence-corrected chi connectivity index (χ3v) is 2.96. The highest BCUT2D eigenvalue weighted by atomic mass is 32.2. The summed E-state index contributed by atoms with van der Waals surface area (Å²) in [4.78, 5) is 11.6. The van der Waals surface area contributed by atoms with Crippen molar-refractivity contribution in [2.75, 3.05) is 18.6 Å². The lowest BCUT2D eigenvalue weighted by Gasteiger charge is -2.09. The van der Waals surface area contributed by atoms with Gasteiger partial charge in [0.05, 0.1) is 12.2 Å². The first-order valence-electron chi connectivity index (χ1n) is 5.53. The molecule has 1 rings (SSSR count). The van der Waals surface area contributed by atoms with Gasteiger partial charge in [0, 0.05) is 6.42 Å². The Balaban J connectivity index is 2.60. The van der Waals surface area contributed by atoms with Crippen molar-refractivity contribution in [3.05, 3.63) is 29.8 Å². The van der Waals surface area contributed by atoms with Gasteiger partial charge in [0.25, 0.3) is 0 Å². The molecule has 0 aromatic heterocycles. The summed E-state index contributed by atoms with van der Waals surface area (Å²) < 4.78 is 5.63. The molecule has 0 amide bonds. The second kappa shape index (κ2) is 7.34. The minimum Gasteiger partial charge on any atom is -0.493 e. The Morgan fingerprint density at radius 2 is 2.12 bits per heavy atom. The smallest absolute Gasteiger partial charge is 0.166 e. The first-order valence-corrected chi connectivity index (χ1v) is 6.93. The molecule has 0 bridgehead atoms. The van der Waals surface area contributed by atoms with Gasteiger partial charge in [0.1, 0.15) is 5.75 Å². The third kappa shape index (κ3) is 3.89. The fraction of sp³-hybridized carbons (Fsp3) is 0.462. The molecule has 0 spiro atoms. The maximum Gasteiger partial charge on any atom is 0.166 e. The predicted octanol–water partition coefficient (Wildman–Crippen LogP) is 3.41. The van der Waals surface area contributed by atoms with E-state index in [4.69, 9.17) is 4.74 Å². The van der Waals surface area contributed by atoms with Crippen molar-refractivity contribution in [2.24, 2.45) is 0 Å². The van der Waals surface area contributed by atoms with Gasteiger partial charge in [-0.05, 0) is 30.6 Å². The maximum absolute atomic E-state index is 11.6. The van der Waals surface area contributed by atoms with Crippen LogP contribution in [0.5, 0.6) is 5.75 Å². The molecule has 0 heterocycles. The predicted molar refractivity (Wildman–Crippen MR) is 69.6 cm³/mol. The third-order valence-electron chi connectivity index (χ3n) is 2.26. The van der Waals surface area contributed by atoms with E-state index < -0.39 is 0 Å². The molecule has 2 nitrogen and oxygen atoms in total. The molecular weight excluding hydrogens is 220 g/mol. The van der Waals surface area contributed by atoms with Gasteiger partial charge in [0.2, 0.25) is 0 Å². The number of benzene rings is 1. The zero-order chi connectivity index (χ0) is 11.8. The molecule has 0 N–H and O–H groups in total.